The van der Waals surface area contributed by atoms with Gasteiger partial charge in [-0.25, -0.2) is 4.79 Å². The van der Waals surface area contributed by atoms with Crippen LogP contribution in [-0.2, 0) is 14.0 Å². The summed E-state index contributed by atoms with van der Waals surface area (Å²) in [5.41, 5.74) is 0.817. The van der Waals surface area contributed by atoms with Gasteiger partial charge in [0.1, 0.15) is 0 Å². The fraction of sp³-hybridized carbons (Fsp3) is 0.591. The predicted octanol–water partition coefficient (Wildman–Crippen LogP) is 5.11. The van der Waals surface area contributed by atoms with E-state index in [0.717, 1.165) is 18.0 Å². The SMILES string of the molecule is COC(=O)C1=CCC(O[Si](C)(C)C(C)(C)C)C1C[Si](C)(C)c1ccccc1. The highest BCUT2D eigenvalue weighted by atomic mass is 28.4. The minimum atomic E-state index is -1.91. The summed E-state index contributed by atoms with van der Waals surface area (Å²) in [6, 6.07) is 11.7. The van der Waals surface area contributed by atoms with Crippen molar-refractivity contribution in [2.24, 2.45) is 5.92 Å². The lowest BCUT2D eigenvalue weighted by molar-refractivity contribution is -0.136. The predicted molar refractivity (Wildman–Crippen MR) is 119 cm³/mol. The Kier molecular flexibility index (Phi) is 6.60. The molecule has 0 saturated carbocycles. The monoisotopic (exact) mass is 404 g/mol. The van der Waals surface area contributed by atoms with Crippen LogP contribution in [0, 0.1) is 5.92 Å². The number of rotatable bonds is 6. The highest BCUT2D eigenvalue weighted by molar-refractivity contribution is 6.89. The second kappa shape index (κ2) is 8.05. The van der Waals surface area contributed by atoms with Crippen molar-refractivity contribution in [3.8, 4) is 0 Å². The zero-order valence-corrected chi connectivity index (χ0v) is 20.3. The van der Waals surface area contributed by atoms with Crippen molar-refractivity contribution >= 4 is 27.5 Å². The minimum absolute atomic E-state index is 0.0791. The minimum Gasteiger partial charge on any atom is -0.466 e. The smallest absolute Gasteiger partial charge is 0.333 e. The fourth-order valence-electron chi connectivity index (χ4n) is 3.60. The number of hydrogen-bond acceptors (Lipinski definition) is 3. The van der Waals surface area contributed by atoms with E-state index in [-0.39, 0.29) is 23.0 Å². The third-order valence-electron chi connectivity index (χ3n) is 6.38. The molecule has 0 aromatic heterocycles. The Morgan fingerprint density at radius 1 is 1.11 bits per heavy atom. The summed E-state index contributed by atoms with van der Waals surface area (Å²) in [6.07, 6.45) is 2.94. The molecule has 0 fully saturated rings. The molecule has 5 heteroatoms. The summed E-state index contributed by atoms with van der Waals surface area (Å²) >= 11 is 0. The van der Waals surface area contributed by atoms with Gasteiger partial charge in [0.05, 0.1) is 21.3 Å². The van der Waals surface area contributed by atoms with Crippen LogP contribution in [0.4, 0.5) is 0 Å². The van der Waals surface area contributed by atoms with Gasteiger partial charge in [-0.2, -0.15) is 0 Å². The summed E-state index contributed by atoms with van der Waals surface area (Å²) < 4.78 is 11.9. The Morgan fingerprint density at radius 2 is 1.70 bits per heavy atom. The Hall–Kier alpha value is -1.18. The van der Waals surface area contributed by atoms with Crippen LogP contribution in [0.5, 0.6) is 0 Å². The van der Waals surface area contributed by atoms with E-state index in [4.69, 9.17) is 9.16 Å². The van der Waals surface area contributed by atoms with Gasteiger partial charge >= 0.3 is 5.97 Å². The summed E-state index contributed by atoms with van der Waals surface area (Å²) in [5, 5.41) is 1.57. The largest absolute Gasteiger partial charge is 0.466 e. The van der Waals surface area contributed by atoms with E-state index in [2.05, 4.69) is 83.4 Å². The maximum atomic E-state index is 12.4. The molecule has 3 nitrogen and oxygen atoms in total. The first kappa shape index (κ1) is 22.1. The topological polar surface area (TPSA) is 35.5 Å². The van der Waals surface area contributed by atoms with Gasteiger partial charge in [0.15, 0.2) is 8.32 Å². The maximum Gasteiger partial charge on any atom is 0.333 e. The zero-order chi connectivity index (χ0) is 20.5. The molecule has 2 rings (SSSR count). The Morgan fingerprint density at radius 3 is 2.22 bits per heavy atom. The lowest BCUT2D eigenvalue weighted by Crippen LogP contribution is -2.48. The van der Waals surface area contributed by atoms with Gasteiger partial charge in [-0.05, 0) is 30.6 Å². The van der Waals surface area contributed by atoms with Crippen molar-refractivity contribution in [2.75, 3.05) is 7.11 Å². The summed E-state index contributed by atoms with van der Waals surface area (Å²) in [6.45, 7) is 16.2. The molecule has 0 saturated heterocycles. The number of ether oxygens (including phenoxy) is 1. The zero-order valence-electron chi connectivity index (χ0n) is 18.3. The standard InChI is InChI=1S/C22H36O3Si2/c1-22(2,3)27(7,8)25-20-15-14-18(21(23)24-4)19(20)16-26(5,6)17-12-10-9-11-13-17/h9-14,19-20H,15-16H2,1-8H3. The Labute approximate surface area is 167 Å². The molecule has 0 bridgehead atoms. The molecule has 1 aromatic rings. The third-order valence-corrected chi connectivity index (χ3v) is 14.2. The van der Waals surface area contributed by atoms with Gasteiger partial charge in [-0.1, -0.05) is 75.5 Å². The molecule has 2 atom stereocenters. The molecular formula is C22H36O3Si2. The van der Waals surface area contributed by atoms with Crippen LogP contribution < -0.4 is 5.19 Å². The van der Waals surface area contributed by atoms with Gasteiger partial charge in [-0.15, -0.1) is 0 Å². The van der Waals surface area contributed by atoms with E-state index in [1.54, 1.807) is 0 Å². The summed E-state index contributed by atoms with van der Waals surface area (Å²) in [5.74, 6) is -0.0763. The van der Waals surface area contributed by atoms with Crippen LogP contribution in [0.15, 0.2) is 42.0 Å². The normalized spacial score (nSPS) is 21.1. The van der Waals surface area contributed by atoms with Gasteiger partial charge in [0.2, 0.25) is 0 Å². The van der Waals surface area contributed by atoms with Crippen molar-refractivity contribution in [1.82, 2.24) is 0 Å². The van der Waals surface area contributed by atoms with E-state index in [1.165, 1.54) is 12.3 Å². The molecule has 0 spiro atoms. The van der Waals surface area contributed by atoms with Gasteiger partial charge in [0.25, 0.3) is 0 Å². The van der Waals surface area contributed by atoms with Crippen LogP contribution in [0.3, 0.4) is 0 Å². The first-order valence-corrected chi connectivity index (χ1v) is 16.0. The molecule has 0 heterocycles. The van der Waals surface area contributed by atoms with Crippen molar-refractivity contribution < 1.29 is 14.0 Å². The average Bonchev–Trinajstić information content (AvgIpc) is 2.95. The van der Waals surface area contributed by atoms with E-state index < -0.39 is 16.4 Å². The van der Waals surface area contributed by atoms with Crippen LogP contribution in [0.1, 0.15) is 27.2 Å². The first-order valence-electron chi connectivity index (χ1n) is 9.91. The van der Waals surface area contributed by atoms with Gasteiger partial charge in [-0.3, -0.25) is 0 Å². The van der Waals surface area contributed by atoms with Crippen molar-refractivity contribution in [3.63, 3.8) is 0 Å². The number of carbonyl (C=O) groups is 1. The van der Waals surface area contributed by atoms with E-state index in [0.29, 0.717) is 0 Å². The molecular weight excluding hydrogens is 368 g/mol. The van der Waals surface area contributed by atoms with Crippen LogP contribution in [0.25, 0.3) is 0 Å². The highest BCUT2D eigenvalue weighted by Crippen LogP contribution is 2.43. The molecule has 0 N–H and O–H groups in total. The van der Waals surface area contributed by atoms with E-state index in [9.17, 15) is 4.79 Å². The molecule has 150 valence electrons. The number of benzene rings is 1. The lowest BCUT2D eigenvalue weighted by Gasteiger charge is -2.41. The average molecular weight is 405 g/mol. The van der Waals surface area contributed by atoms with E-state index >= 15 is 0 Å². The van der Waals surface area contributed by atoms with Gasteiger partial charge in [0, 0.05) is 11.5 Å². The second-order valence-electron chi connectivity index (χ2n) is 9.86. The summed E-state index contributed by atoms with van der Waals surface area (Å²) in [4.78, 5) is 12.4. The third kappa shape index (κ3) is 5.01. The van der Waals surface area contributed by atoms with Crippen LogP contribution in [-0.4, -0.2) is 35.6 Å². The van der Waals surface area contributed by atoms with Crippen LogP contribution >= 0.6 is 0 Å². The van der Waals surface area contributed by atoms with Crippen molar-refractivity contribution in [3.05, 3.63) is 42.0 Å². The Balaban J connectivity index is 2.30. The molecule has 2 unspecified atom stereocenters. The first-order chi connectivity index (χ1) is 12.4. The second-order valence-corrected chi connectivity index (χ2v) is 19.4. The van der Waals surface area contributed by atoms with Crippen molar-refractivity contribution in [2.45, 2.75) is 70.6 Å². The Bertz CT molecular complexity index is 687. The summed E-state index contributed by atoms with van der Waals surface area (Å²) in [7, 11) is -2.16. The highest BCUT2D eigenvalue weighted by Gasteiger charge is 2.45. The lowest BCUT2D eigenvalue weighted by atomic mass is 10.0. The quantitative estimate of drug-likeness (QED) is 0.488. The van der Waals surface area contributed by atoms with Crippen LogP contribution in [0.2, 0.25) is 37.3 Å². The maximum absolute atomic E-state index is 12.4. The number of carbonyl (C=O) groups excluding carboxylic acids is 1. The fourth-order valence-corrected chi connectivity index (χ4v) is 7.88. The molecule has 0 aliphatic heterocycles. The molecule has 1 aliphatic carbocycles. The molecule has 1 aromatic carbocycles. The van der Waals surface area contributed by atoms with E-state index in [1.807, 2.05) is 0 Å². The van der Waals surface area contributed by atoms with Gasteiger partial charge < -0.3 is 9.16 Å². The molecule has 27 heavy (non-hydrogen) atoms. The number of esters is 1. The molecule has 0 radical (unpaired) electrons. The van der Waals surface area contributed by atoms with Crippen molar-refractivity contribution in [1.29, 1.82) is 0 Å². The number of methoxy groups -OCH3 is 1. The molecule has 1 aliphatic rings. The number of hydrogen-bond donors (Lipinski definition) is 0. The molecule has 0 amide bonds.